The molecule has 0 radical (unpaired) electrons. The molecule has 0 aromatic rings. The van der Waals surface area contributed by atoms with Gasteiger partial charge in [0.05, 0.1) is 5.54 Å². The summed E-state index contributed by atoms with van der Waals surface area (Å²) < 4.78 is 0. The average molecular weight is 239 g/mol. The Morgan fingerprint density at radius 2 is 2.06 bits per heavy atom. The van der Waals surface area contributed by atoms with Crippen LogP contribution in [0.1, 0.15) is 39.5 Å². The number of nitrogens with zero attached hydrogens (tertiary/aromatic N) is 1. The highest BCUT2D eigenvalue weighted by atomic mass is 16.2. The van der Waals surface area contributed by atoms with Crippen LogP contribution < -0.4 is 11.1 Å². The first-order valence-corrected chi connectivity index (χ1v) is 6.87. The first-order valence-electron chi connectivity index (χ1n) is 6.87. The lowest BCUT2D eigenvalue weighted by Gasteiger charge is -2.25. The number of rotatable bonds is 7. The van der Waals surface area contributed by atoms with E-state index in [0.717, 1.165) is 38.5 Å². The Balaban J connectivity index is 1.68. The second kappa shape index (κ2) is 4.94. The van der Waals surface area contributed by atoms with Gasteiger partial charge in [0.25, 0.3) is 0 Å². The summed E-state index contributed by atoms with van der Waals surface area (Å²) in [5.74, 6) is 0.417. The number of nitrogens with one attached hydrogen (secondary N) is 1. The van der Waals surface area contributed by atoms with Gasteiger partial charge < -0.3 is 11.1 Å². The molecule has 4 heteroatoms. The van der Waals surface area contributed by atoms with Gasteiger partial charge in [0.2, 0.25) is 5.91 Å². The van der Waals surface area contributed by atoms with Gasteiger partial charge in [-0.15, -0.1) is 0 Å². The first kappa shape index (κ1) is 12.8. The third-order valence-electron chi connectivity index (χ3n) is 4.07. The van der Waals surface area contributed by atoms with E-state index in [4.69, 9.17) is 5.73 Å². The fourth-order valence-electron chi connectivity index (χ4n) is 2.41. The third-order valence-corrected chi connectivity index (χ3v) is 4.07. The first-order chi connectivity index (χ1) is 8.05. The Morgan fingerprint density at radius 3 is 2.53 bits per heavy atom. The predicted molar refractivity (Wildman–Crippen MR) is 68.6 cm³/mol. The highest BCUT2D eigenvalue weighted by Gasteiger charge is 2.43. The summed E-state index contributed by atoms with van der Waals surface area (Å²) in [5, 5.41) is 2.99. The van der Waals surface area contributed by atoms with Gasteiger partial charge in [-0.2, -0.15) is 0 Å². The number of carbonyl (C=O) groups is 1. The number of amides is 1. The maximum absolute atomic E-state index is 11.9. The Kier molecular flexibility index (Phi) is 3.73. The van der Waals surface area contributed by atoms with Gasteiger partial charge in [-0.1, -0.05) is 6.92 Å². The molecule has 4 nitrogen and oxygen atoms in total. The lowest BCUT2D eigenvalue weighted by atomic mass is 9.96. The van der Waals surface area contributed by atoms with Gasteiger partial charge in [0.15, 0.2) is 0 Å². The quantitative estimate of drug-likeness (QED) is 0.688. The molecule has 0 aromatic carbocycles. The summed E-state index contributed by atoms with van der Waals surface area (Å²) in [5.41, 5.74) is 5.41. The third kappa shape index (κ3) is 3.19. The van der Waals surface area contributed by atoms with Crippen LogP contribution in [0, 0.1) is 5.92 Å². The molecule has 3 N–H and O–H groups in total. The Hall–Kier alpha value is -0.610. The van der Waals surface area contributed by atoms with Gasteiger partial charge in [-0.25, -0.2) is 0 Å². The van der Waals surface area contributed by atoms with E-state index in [2.05, 4.69) is 17.1 Å². The van der Waals surface area contributed by atoms with Crippen LogP contribution in [0.15, 0.2) is 0 Å². The van der Waals surface area contributed by atoms with Gasteiger partial charge >= 0.3 is 0 Å². The molecule has 0 spiro atoms. The molecule has 0 bridgehead atoms. The van der Waals surface area contributed by atoms with Crippen molar-refractivity contribution in [3.63, 3.8) is 0 Å². The Bertz CT molecular complexity index is 282. The van der Waals surface area contributed by atoms with Gasteiger partial charge in [0.1, 0.15) is 0 Å². The summed E-state index contributed by atoms with van der Waals surface area (Å²) in [4.78, 5) is 14.4. The molecular weight excluding hydrogens is 214 g/mol. The summed E-state index contributed by atoms with van der Waals surface area (Å²) in [6.45, 7) is 6.79. The molecule has 1 atom stereocenters. The van der Waals surface area contributed by atoms with Crippen LogP contribution in [0.25, 0.3) is 0 Å². The summed E-state index contributed by atoms with van der Waals surface area (Å²) in [6.07, 6.45) is 4.84. The maximum atomic E-state index is 11.9. The van der Waals surface area contributed by atoms with E-state index in [1.807, 2.05) is 6.92 Å². The van der Waals surface area contributed by atoms with Crippen molar-refractivity contribution in [2.24, 2.45) is 11.7 Å². The zero-order valence-electron chi connectivity index (χ0n) is 11.0. The SMILES string of the molecule is CCN(CCNC(=O)C(C)(N)C1CC1)C1CC1. The molecule has 0 saturated heterocycles. The van der Waals surface area contributed by atoms with Crippen molar-refractivity contribution in [3.8, 4) is 0 Å². The lowest BCUT2D eigenvalue weighted by Crippen LogP contribution is -2.54. The van der Waals surface area contributed by atoms with Crippen LogP contribution in [0.3, 0.4) is 0 Å². The minimum Gasteiger partial charge on any atom is -0.353 e. The van der Waals surface area contributed by atoms with Crippen LogP contribution in [-0.2, 0) is 4.79 Å². The Morgan fingerprint density at radius 1 is 1.41 bits per heavy atom. The van der Waals surface area contributed by atoms with Crippen LogP contribution in [0.4, 0.5) is 0 Å². The van der Waals surface area contributed by atoms with Gasteiger partial charge in [-0.3, -0.25) is 9.69 Å². The highest BCUT2D eigenvalue weighted by molar-refractivity contribution is 5.86. The smallest absolute Gasteiger partial charge is 0.240 e. The van der Waals surface area contributed by atoms with Crippen LogP contribution in [0.5, 0.6) is 0 Å². The van der Waals surface area contributed by atoms with E-state index in [-0.39, 0.29) is 5.91 Å². The minimum atomic E-state index is -0.656. The summed E-state index contributed by atoms with van der Waals surface area (Å²) in [6, 6.07) is 0.768. The van der Waals surface area contributed by atoms with E-state index < -0.39 is 5.54 Å². The average Bonchev–Trinajstić information content (AvgIpc) is 3.16. The van der Waals surface area contributed by atoms with E-state index in [1.54, 1.807) is 0 Å². The molecule has 0 aliphatic heterocycles. The molecule has 2 rings (SSSR count). The van der Waals surface area contributed by atoms with Crippen molar-refractivity contribution in [1.29, 1.82) is 0 Å². The van der Waals surface area contributed by atoms with Crippen molar-refractivity contribution >= 4 is 5.91 Å². The van der Waals surface area contributed by atoms with E-state index >= 15 is 0 Å². The van der Waals surface area contributed by atoms with E-state index in [0.29, 0.717) is 5.92 Å². The standard InChI is InChI=1S/C13H25N3O/c1-3-16(11-6-7-11)9-8-15-12(17)13(2,14)10-4-5-10/h10-11H,3-9,14H2,1-2H3,(H,15,17). The number of hydrogen-bond acceptors (Lipinski definition) is 3. The molecule has 1 amide bonds. The topological polar surface area (TPSA) is 58.4 Å². The predicted octanol–water partition coefficient (Wildman–Crippen LogP) is 0.714. The molecule has 2 saturated carbocycles. The van der Waals surface area contributed by atoms with Crippen LogP contribution in [-0.4, -0.2) is 42.0 Å². The lowest BCUT2D eigenvalue weighted by molar-refractivity contribution is -0.126. The molecule has 0 heterocycles. The van der Waals surface area contributed by atoms with Gasteiger partial charge in [-0.05, 0) is 45.1 Å². The number of carbonyl (C=O) groups excluding carboxylic acids is 1. The van der Waals surface area contributed by atoms with Crippen LogP contribution >= 0.6 is 0 Å². The van der Waals surface area contributed by atoms with Crippen LogP contribution in [0.2, 0.25) is 0 Å². The second-order valence-electron chi connectivity index (χ2n) is 5.67. The monoisotopic (exact) mass is 239 g/mol. The molecule has 2 aliphatic rings. The molecule has 98 valence electrons. The summed E-state index contributed by atoms with van der Waals surface area (Å²) in [7, 11) is 0. The number of likely N-dealkylation sites (N-methyl/N-ethyl adjacent to an activating group) is 1. The maximum Gasteiger partial charge on any atom is 0.240 e. The van der Waals surface area contributed by atoms with Crippen molar-refractivity contribution in [2.45, 2.75) is 51.1 Å². The number of hydrogen-bond donors (Lipinski definition) is 2. The fraction of sp³-hybridized carbons (Fsp3) is 0.923. The van der Waals surface area contributed by atoms with Crippen molar-refractivity contribution < 1.29 is 4.79 Å². The molecule has 2 aliphatic carbocycles. The Labute approximate surface area is 104 Å². The summed E-state index contributed by atoms with van der Waals surface area (Å²) >= 11 is 0. The fourth-order valence-corrected chi connectivity index (χ4v) is 2.41. The second-order valence-corrected chi connectivity index (χ2v) is 5.67. The van der Waals surface area contributed by atoms with Crippen molar-refractivity contribution in [2.75, 3.05) is 19.6 Å². The van der Waals surface area contributed by atoms with E-state index in [9.17, 15) is 4.79 Å². The molecular formula is C13H25N3O. The van der Waals surface area contributed by atoms with E-state index in [1.165, 1.54) is 12.8 Å². The molecule has 17 heavy (non-hydrogen) atoms. The number of nitrogens with two attached hydrogens (primary N) is 1. The zero-order chi connectivity index (χ0) is 12.5. The zero-order valence-corrected chi connectivity index (χ0v) is 11.0. The largest absolute Gasteiger partial charge is 0.353 e. The minimum absolute atomic E-state index is 0.0202. The molecule has 1 unspecified atom stereocenters. The molecule has 0 aromatic heterocycles. The normalized spacial score (nSPS) is 23.5. The van der Waals surface area contributed by atoms with Crippen molar-refractivity contribution in [3.05, 3.63) is 0 Å². The molecule has 2 fully saturated rings. The van der Waals surface area contributed by atoms with Crippen molar-refractivity contribution in [1.82, 2.24) is 10.2 Å². The highest BCUT2D eigenvalue weighted by Crippen LogP contribution is 2.38. The van der Waals surface area contributed by atoms with Gasteiger partial charge in [0, 0.05) is 19.1 Å².